The highest BCUT2D eigenvalue weighted by molar-refractivity contribution is 7.89. The van der Waals surface area contributed by atoms with E-state index in [1.54, 1.807) is 0 Å². The maximum Gasteiger partial charge on any atom is 0.340 e. The molecule has 2 heterocycles. The van der Waals surface area contributed by atoms with Crippen molar-refractivity contribution in [3.63, 3.8) is 0 Å². The monoisotopic (exact) mass is 300 g/mol. The van der Waals surface area contributed by atoms with Gasteiger partial charge in [-0.1, -0.05) is 0 Å². The van der Waals surface area contributed by atoms with Crippen LogP contribution in [-0.4, -0.2) is 59.8 Å². The average Bonchev–Trinajstić information content (AvgIpc) is 2.91. The van der Waals surface area contributed by atoms with Gasteiger partial charge in [0.05, 0.1) is 6.20 Å². The molecule has 1 aromatic heterocycles. The van der Waals surface area contributed by atoms with Crippen molar-refractivity contribution < 1.29 is 18.3 Å². The van der Waals surface area contributed by atoms with Crippen molar-refractivity contribution in [1.82, 2.24) is 19.8 Å². The number of nitrogens with zero attached hydrogens (tertiary/aromatic N) is 2. The Hall–Kier alpha value is -1.45. The summed E-state index contributed by atoms with van der Waals surface area (Å²) < 4.78 is 27.0. The SMILES string of the molecule is O=C(O)c1cn[nH]c1S(=O)(=O)NC1CCN(C2CC2)C1. The molecule has 3 N–H and O–H groups in total. The molecule has 0 bridgehead atoms. The quantitative estimate of drug-likeness (QED) is 0.683. The molecule has 3 rings (SSSR count). The summed E-state index contributed by atoms with van der Waals surface area (Å²) in [7, 11) is -3.88. The van der Waals surface area contributed by atoms with E-state index in [0.717, 1.165) is 19.2 Å². The second-order valence-electron chi connectivity index (χ2n) is 5.25. The van der Waals surface area contributed by atoms with Crippen LogP contribution in [0.25, 0.3) is 0 Å². The number of rotatable bonds is 5. The van der Waals surface area contributed by atoms with E-state index in [4.69, 9.17) is 5.11 Å². The molecular weight excluding hydrogens is 284 g/mol. The lowest BCUT2D eigenvalue weighted by molar-refractivity contribution is 0.0692. The predicted octanol–water partition coefficient (Wildman–Crippen LogP) is -0.377. The molecular formula is C11H16N4O4S. The number of sulfonamides is 1. The number of nitrogens with one attached hydrogen (secondary N) is 2. The van der Waals surface area contributed by atoms with Gasteiger partial charge in [-0.05, 0) is 19.3 Å². The van der Waals surface area contributed by atoms with Crippen LogP contribution in [-0.2, 0) is 10.0 Å². The zero-order chi connectivity index (χ0) is 14.3. The minimum Gasteiger partial charge on any atom is -0.478 e. The van der Waals surface area contributed by atoms with Crippen LogP contribution in [0.3, 0.4) is 0 Å². The van der Waals surface area contributed by atoms with Crippen molar-refractivity contribution in [2.24, 2.45) is 0 Å². The fourth-order valence-corrected chi connectivity index (χ4v) is 3.92. The minimum absolute atomic E-state index is 0.175. The molecule has 1 aromatic rings. The summed E-state index contributed by atoms with van der Waals surface area (Å²) in [4.78, 5) is 13.2. The lowest BCUT2D eigenvalue weighted by Crippen LogP contribution is -2.38. The van der Waals surface area contributed by atoms with Gasteiger partial charge in [0.15, 0.2) is 5.03 Å². The molecule has 1 saturated heterocycles. The number of hydrogen-bond acceptors (Lipinski definition) is 5. The lowest BCUT2D eigenvalue weighted by Gasteiger charge is -2.15. The minimum atomic E-state index is -3.88. The van der Waals surface area contributed by atoms with Crippen LogP contribution in [0.15, 0.2) is 11.2 Å². The molecule has 0 spiro atoms. The Balaban J connectivity index is 1.72. The first-order valence-electron chi connectivity index (χ1n) is 6.50. The number of carboxylic acids is 1. The summed E-state index contributed by atoms with van der Waals surface area (Å²) >= 11 is 0. The van der Waals surface area contributed by atoms with E-state index in [9.17, 15) is 13.2 Å². The average molecular weight is 300 g/mol. The van der Waals surface area contributed by atoms with Crippen molar-refractivity contribution in [2.45, 2.75) is 36.4 Å². The summed E-state index contributed by atoms with van der Waals surface area (Å²) in [5.74, 6) is -1.31. The largest absolute Gasteiger partial charge is 0.478 e. The Morgan fingerprint density at radius 2 is 2.20 bits per heavy atom. The summed E-state index contributed by atoms with van der Waals surface area (Å²) in [6.07, 6.45) is 4.11. The van der Waals surface area contributed by atoms with E-state index < -0.39 is 16.0 Å². The van der Waals surface area contributed by atoms with Gasteiger partial charge in [0.2, 0.25) is 0 Å². The molecule has 1 unspecified atom stereocenters. The van der Waals surface area contributed by atoms with Crippen LogP contribution in [0, 0.1) is 0 Å². The van der Waals surface area contributed by atoms with Crippen LogP contribution >= 0.6 is 0 Å². The molecule has 1 saturated carbocycles. The van der Waals surface area contributed by atoms with Gasteiger partial charge in [-0.2, -0.15) is 5.10 Å². The first kappa shape index (κ1) is 13.5. The molecule has 0 aromatic carbocycles. The molecule has 20 heavy (non-hydrogen) atoms. The van der Waals surface area contributed by atoms with Crippen LogP contribution in [0.1, 0.15) is 29.6 Å². The number of hydrogen-bond donors (Lipinski definition) is 3. The summed E-state index contributed by atoms with van der Waals surface area (Å²) in [6, 6.07) is 0.428. The van der Waals surface area contributed by atoms with Gasteiger partial charge in [-0.3, -0.25) is 10.00 Å². The Labute approximate surface area is 116 Å². The van der Waals surface area contributed by atoms with Crippen LogP contribution < -0.4 is 4.72 Å². The van der Waals surface area contributed by atoms with E-state index in [2.05, 4.69) is 19.8 Å². The van der Waals surface area contributed by atoms with Gasteiger partial charge in [0.1, 0.15) is 5.56 Å². The Morgan fingerprint density at radius 3 is 2.85 bits per heavy atom. The Bertz CT molecular complexity index is 622. The standard InChI is InChI=1S/C11H16N4O4S/c16-11(17)9-5-12-13-10(9)20(18,19)14-7-3-4-15(6-7)8-1-2-8/h5,7-8,14H,1-4,6H2,(H,12,13)(H,16,17). The summed E-state index contributed by atoms with van der Waals surface area (Å²) in [5, 5.41) is 14.3. The third-order valence-electron chi connectivity index (χ3n) is 3.71. The number of aromatic nitrogens is 2. The number of aromatic carboxylic acids is 1. The molecule has 2 fully saturated rings. The highest BCUT2D eigenvalue weighted by Gasteiger charge is 2.36. The summed E-state index contributed by atoms with van der Waals surface area (Å²) in [6.45, 7) is 1.56. The molecule has 9 heteroatoms. The zero-order valence-corrected chi connectivity index (χ0v) is 11.6. The normalized spacial score (nSPS) is 24.1. The van der Waals surface area contributed by atoms with Crippen molar-refractivity contribution in [3.8, 4) is 0 Å². The highest BCUT2D eigenvalue weighted by Crippen LogP contribution is 2.30. The number of likely N-dealkylation sites (tertiary alicyclic amines) is 1. The van der Waals surface area contributed by atoms with Gasteiger partial charge < -0.3 is 5.11 Å². The highest BCUT2D eigenvalue weighted by atomic mass is 32.2. The summed E-state index contributed by atoms with van der Waals surface area (Å²) in [5.41, 5.74) is -0.338. The second kappa shape index (κ2) is 4.83. The van der Waals surface area contributed by atoms with E-state index in [1.165, 1.54) is 12.8 Å². The van der Waals surface area contributed by atoms with E-state index in [0.29, 0.717) is 12.6 Å². The second-order valence-corrected chi connectivity index (χ2v) is 6.90. The van der Waals surface area contributed by atoms with E-state index in [1.807, 2.05) is 0 Å². The van der Waals surface area contributed by atoms with Crippen molar-refractivity contribution in [1.29, 1.82) is 0 Å². The lowest BCUT2D eigenvalue weighted by atomic mass is 10.3. The van der Waals surface area contributed by atoms with Gasteiger partial charge in [-0.25, -0.2) is 17.9 Å². The van der Waals surface area contributed by atoms with Gasteiger partial charge in [-0.15, -0.1) is 0 Å². The number of aromatic amines is 1. The molecule has 1 aliphatic heterocycles. The third-order valence-corrected chi connectivity index (χ3v) is 5.20. The molecule has 110 valence electrons. The van der Waals surface area contributed by atoms with Crippen molar-refractivity contribution in [3.05, 3.63) is 11.8 Å². The fourth-order valence-electron chi connectivity index (χ4n) is 2.56. The molecule has 8 nitrogen and oxygen atoms in total. The number of carbonyl (C=O) groups is 1. The first-order chi connectivity index (χ1) is 9.47. The van der Waals surface area contributed by atoms with Gasteiger partial charge in [0.25, 0.3) is 10.0 Å². The number of H-pyrrole nitrogens is 1. The molecule has 1 aliphatic carbocycles. The first-order valence-corrected chi connectivity index (χ1v) is 7.99. The van der Waals surface area contributed by atoms with E-state index in [-0.39, 0.29) is 16.6 Å². The molecule has 2 aliphatic rings. The molecule has 0 radical (unpaired) electrons. The van der Waals surface area contributed by atoms with Crippen LogP contribution in [0.5, 0.6) is 0 Å². The maximum atomic E-state index is 12.2. The topological polar surface area (TPSA) is 115 Å². The smallest absolute Gasteiger partial charge is 0.340 e. The molecule has 0 amide bonds. The predicted molar refractivity (Wildman–Crippen MR) is 68.9 cm³/mol. The van der Waals surface area contributed by atoms with Crippen LogP contribution in [0.2, 0.25) is 0 Å². The maximum absolute atomic E-state index is 12.2. The Kier molecular flexibility index (Phi) is 3.27. The van der Waals surface area contributed by atoms with Crippen molar-refractivity contribution in [2.75, 3.05) is 13.1 Å². The Morgan fingerprint density at radius 1 is 1.45 bits per heavy atom. The zero-order valence-electron chi connectivity index (χ0n) is 10.7. The van der Waals surface area contributed by atoms with E-state index >= 15 is 0 Å². The van der Waals surface area contributed by atoms with Crippen LogP contribution in [0.4, 0.5) is 0 Å². The fraction of sp³-hybridized carbons (Fsp3) is 0.636. The number of carboxylic acid groups (broad SMARTS) is 1. The van der Waals surface area contributed by atoms with Gasteiger partial charge in [0, 0.05) is 25.2 Å². The van der Waals surface area contributed by atoms with Crippen molar-refractivity contribution >= 4 is 16.0 Å². The van der Waals surface area contributed by atoms with Gasteiger partial charge >= 0.3 is 5.97 Å². The molecule has 1 atom stereocenters. The third kappa shape index (κ3) is 2.56.